The molecule has 0 atom stereocenters. The number of hydrogen-bond acceptors (Lipinski definition) is 2. The molecule has 0 fully saturated rings. The van der Waals surface area contributed by atoms with Crippen molar-refractivity contribution in [1.29, 1.82) is 0 Å². The summed E-state index contributed by atoms with van der Waals surface area (Å²) in [6.07, 6.45) is 0. The number of amides is 1. The number of rotatable bonds is 5. The van der Waals surface area contributed by atoms with E-state index >= 15 is 0 Å². The van der Waals surface area contributed by atoms with Crippen molar-refractivity contribution in [3.05, 3.63) is 35.4 Å². The Morgan fingerprint density at radius 3 is 2.13 bits per heavy atom. The van der Waals surface area contributed by atoms with Gasteiger partial charge in [0.15, 0.2) is 0 Å². The highest BCUT2D eigenvalue weighted by molar-refractivity contribution is 5.72. The Bertz CT molecular complexity index is 306. The molecule has 0 aromatic heterocycles. The number of benzene rings is 1. The third-order valence-corrected chi connectivity index (χ3v) is 2.14. The monoisotopic (exact) mass is 206 g/mol. The number of hydrogen-bond donors (Lipinski definition) is 2. The van der Waals surface area contributed by atoms with Crippen LogP contribution in [0.25, 0.3) is 0 Å². The van der Waals surface area contributed by atoms with Crippen molar-refractivity contribution in [2.45, 2.75) is 26.9 Å². The first kappa shape index (κ1) is 11.7. The molecule has 1 rings (SSSR count). The van der Waals surface area contributed by atoms with Gasteiger partial charge in [-0.05, 0) is 17.7 Å². The molecule has 3 nitrogen and oxygen atoms in total. The van der Waals surface area contributed by atoms with Crippen molar-refractivity contribution >= 4 is 5.91 Å². The van der Waals surface area contributed by atoms with Crippen LogP contribution in [0, 0.1) is 0 Å². The van der Waals surface area contributed by atoms with Crippen molar-refractivity contribution in [3.63, 3.8) is 0 Å². The quantitative estimate of drug-likeness (QED) is 0.765. The summed E-state index contributed by atoms with van der Waals surface area (Å²) in [6, 6.07) is 8.25. The SMILES string of the molecule is CCNCc1ccc(CNC(C)=O)cc1. The summed E-state index contributed by atoms with van der Waals surface area (Å²) < 4.78 is 0. The molecule has 0 bridgehead atoms. The van der Waals surface area contributed by atoms with Crippen LogP contribution in [0.3, 0.4) is 0 Å². The summed E-state index contributed by atoms with van der Waals surface area (Å²) >= 11 is 0. The Morgan fingerprint density at radius 2 is 1.67 bits per heavy atom. The highest BCUT2D eigenvalue weighted by Gasteiger charge is 1.95. The third-order valence-electron chi connectivity index (χ3n) is 2.14. The average molecular weight is 206 g/mol. The minimum atomic E-state index is 0.00623. The van der Waals surface area contributed by atoms with Crippen LogP contribution in [0.1, 0.15) is 25.0 Å². The predicted octanol–water partition coefficient (Wildman–Crippen LogP) is 1.43. The van der Waals surface area contributed by atoms with Crippen LogP contribution < -0.4 is 10.6 Å². The van der Waals surface area contributed by atoms with Crippen LogP contribution in [0.2, 0.25) is 0 Å². The van der Waals surface area contributed by atoms with Crippen LogP contribution in [-0.4, -0.2) is 12.5 Å². The normalized spacial score (nSPS) is 10.0. The lowest BCUT2D eigenvalue weighted by atomic mass is 10.1. The van der Waals surface area contributed by atoms with Gasteiger partial charge in [0.25, 0.3) is 0 Å². The molecule has 15 heavy (non-hydrogen) atoms. The van der Waals surface area contributed by atoms with Gasteiger partial charge < -0.3 is 10.6 Å². The Morgan fingerprint density at radius 1 is 1.13 bits per heavy atom. The lowest BCUT2D eigenvalue weighted by molar-refractivity contribution is -0.119. The summed E-state index contributed by atoms with van der Waals surface area (Å²) in [5, 5.41) is 6.03. The molecule has 0 aliphatic carbocycles. The Kier molecular flexibility index (Phi) is 4.84. The van der Waals surface area contributed by atoms with Gasteiger partial charge in [-0.15, -0.1) is 0 Å². The first-order chi connectivity index (χ1) is 7.22. The minimum Gasteiger partial charge on any atom is -0.352 e. The molecule has 0 heterocycles. The van der Waals surface area contributed by atoms with E-state index in [1.807, 2.05) is 12.1 Å². The number of nitrogens with one attached hydrogen (secondary N) is 2. The number of carbonyl (C=O) groups excluding carboxylic acids is 1. The second-order valence-corrected chi connectivity index (χ2v) is 3.51. The topological polar surface area (TPSA) is 41.1 Å². The van der Waals surface area contributed by atoms with E-state index in [9.17, 15) is 4.79 Å². The second-order valence-electron chi connectivity index (χ2n) is 3.51. The van der Waals surface area contributed by atoms with Crippen molar-refractivity contribution in [2.75, 3.05) is 6.54 Å². The molecular weight excluding hydrogens is 188 g/mol. The summed E-state index contributed by atoms with van der Waals surface area (Å²) in [5.41, 5.74) is 2.40. The lowest BCUT2D eigenvalue weighted by Crippen LogP contribution is -2.18. The highest BCUT2D eigenvalue weighted by Crippen LogP contribution is 2.03. The fourth-order valence-electron chi connectivity index (χ4n) is 1.27. The smallest absolute Gasteiger partial charge is 0.217 e. The molecular formula is C12H18N2O. The van der Waals surface area contributed by atoms with Crippen LogP contribution >= 0.6 is 0 Å². The summed E-state index contributed by atoms with van der Waals surface area (Å²) in [7, 11) is 0. The van der Waals surface area contributed by atoms with Gasteiger partial charge >= 0.3 is 0 Å². The van der Waals surface area contributed by atoms with E-state index in [1.165, 1.54) is 12.5 Å². The standard InChI is InChI=1S/C12H18N2O/c1-3-13-8-11-4-6-12(7-5-11)9-14-10(2)15/h4-7,13H,3,8-9H2,1-2H3,(H,14,15). The molecule has 0 aliphatic heterocycles. The minimum absolute atomic E-state index is 0.00623. The van der Waals surface area contributed by atoms with E-state index in [4.69, 9.17) is 0 Å². The van der Waals surface area contributed by atoms with E-state index in [0.29, 0.717) is 6.54 Å². The molecule has 0 spiro atoms. The Balaban J connectivity index is 2.45. The molecule has 1 aromatic rings. The molecule has 2 N–H and O–H groups in total. The van der Waals surface area contributed by atoms with Gasteiger partial charge in [-0.3, -0.25) is 4.79 Å². The molecule has 0 radical (unpaired) electrons. The zero-order valence-corrected chi connectivity index (χ0v) is 9.34. The maximum atomic E-state index is 10.7. The lowest BCUT2D eigenvalue weighted by Gasteiger charge is -2.05. The molecule has 0 saturated heterocycles. The summed E-state index contributed by atoms with van der Waals surface area (Å²) in [6.45, 7) is 6.10. The molecule has 0 saturated carbocycles. The van der Waals surface area contributed by atoms with Crippen LogP contribution in [0.5, 0.6) is 0 Å². The molecule has 1 aromatic carbocycles. The fourth-order valence-corrected chi connectivity index (χ4v) is 1.27. The fraction of sp³-hybridized carbons (Fsp3) is 0.417. The largest absolute Gasteiger partial charge is 0.352 e. The predicted molar refractivity (Wildman–Crippen MR) is 61.3 cm³/mol. The van der Waals surface area contributed by atoms with Crippen LogP contribution in [0.15, 0.2) is 24.3 Å². The van der Waals surface area contributed by atoms with E-state index < -0.39 is 0 Å². The summed E-state index contributed by atoms with van der Waals surface area (Å²) in [5.74, 6) is 0.00623. The Labute approximate surface area is 90.9 Å². The number of carbonyl (C=O) groups is 1. The molecule has 82 valence electrons. The van der Waals surface area contributed by atoms with E-state index in [2.05, 4.69) is 29.7 Å². The third kappa shape index (κ3) is 4.61. The van der Waals surface area contributed by atoms with Gasteiger partial charge in [-0.2, -0.15) is 0 Å². The maximum absolute atomic E-state index is 10.7. The van der Waals surface area contributed by atoms with Crippen molar-refractivity contribution < 1.29 is 4.79 Å². The highest BCUT2D eigenvalue weighted by atomic mass is 16.1. The molecule has 0 aliphatic rings. The van der Waals surface area contributed by atoms with Gasteiger partial charge in [0.1, 0.15) is 0 Å². The van der Waals surface area contributed by atoms with Crippen LogP contribution in [0.4, 0.5) is 0 Å². The van der Waals surface area contributed by atoms with Gasteiger partial charge in [0.2, 0.25) is 5.91 Å². The first-order valence-corrected chi connectivity index (χ1v) is 5.25. The van der Waals surface area contributed by atoms with E-state index in [-0.39, 0.29) is 5.91 Å². The molecule has 3 heteroatoms. The van der Waals surface area contributed by atoms with Gasteiger partial charge in [0.05, 0.1) is 0 Å². The van der Waals surface area contributed by atoms with Crippen molar-refractivity contribution in [2.24, 2.45) is 0 Å². The maximum Gasteiger partial charge on any atom is 0.217 e. The molecule has 1 amide bonds. The zero-order valence-electron chi connectivity index (χ0n) is 9.34. The zero-order chi connectivity index (χ0) is 11.1. The summed E-state index contributed by atoms with van der Waals surface area (Å²) in [4.78, 5) is 10.7. The Hall–Kier alpha value is -1.35. The van der Waals surface area contributed by atoms with E-state index in [1.54, 1.807) is 0 Å². The second kappa shape index (κ2) is 6.19. The van der Waals surface area contributed by atoms with Crippen molar-refractivity contribution in [3.8, 4) is 0 Å². The van der Waals surface area contributed by atoms with Gasteiger partial charge in [-0.1, -0.05) is 31.2 Å². The van der Waals surface area contributed by atoms with Gasteiger partial charge in [0, 0.05) is 20.0 Å². The molecule has 0 unspecified atom stereocenters. The van der Waals surface area contributed by atoms with E-state index in [0.717, 1.165) is 18.7 Å². The first-order valence-electron chi connectivity index (χ1n) is 5.25. The average Bonchev–Trinajstić information content (AvgIpc) is 2.25. The van der Waals surface area contributed by atoms with Crippen LogP contribution in [-0.2, 0) is 17.9 Å². The van der Waals surface area contributed by atoms with Crippen molar-refractivity contribution in [1.82, 2.24) is 10.6 Å². The van der Waals surface area contributed by atoms with Gasteiger partial charge in [-0.25, -0.2) is 0 Å².